The number of hydrogen-bond donors (Lipinski definition) is 0. The number of aryl methyl sites for hydroxylation is 1. The van der Waals surface area contributed by atoms with Gasteiger partial charge in [0.05, 0.1) is 17.5 Å². The number of aromatic nitrogens is 2. The van der Waals surface area contributed by atoms with Crippen LogP contribution < -0.4 is 0 Å². The van der Waals surface area contributed by atoms with E-state index in [0.717, 1.165) is 12.8 Å². The van der Waals surface area contributed by atoms with E-state index in [2.05, 4.69) is 5.10 Å². The summed E-state index contributed by atoms with van der Waals surface area (Å²) in [7, 11) is -3.21. The summed E-state index contributed by atoms with van der Waals surface area (Å²) in [6, 6.07) is -0.0165. The third kappa shape index (κ3) is 3.87. The molecule has 128 valence electrons. The van der Waals surface area contributed by atoms with E-state index in [1.807, 2.05) is 4.90 Å². The molecule has 3 aliphatic heterocycles. The van der Waals surface area contributed by atoms with Crippen LogP contribution in [0, 0.1) is 5.92 Å². The third-order valence-corrected chi connectivity index (χ3v) is 6.06. The Labute approximate surface area is 141 Å². The summed E-state index contributed by atoms with van der Waals surface area (Å²) < 4.78 is 26.9. The summed E-state index contributed by atoms with van der Waals surface area (Å²) in [4.78, 5) is 14.4. The molecule has 0 aromatic carbocycles. The average Bonchev–Trinajstić information content (AvgIpc) is 2.71. The van der Waals surface area contributed by atoms with Crippen molar-refractivity contribution in [3.05, 3.63) is 17.4 Å². The van der Waals surface area contributed by atoms with E-state index in [1.54, 1.807) is 17.1 Å². The van der Waals surface area contributed by atoms with E-state index < -0.39 is 10.0 Å². The monoisotopic (exact) mass is 360 g/mol. The van der Waals surface area contributed by atoms with Crippen LogP contribution >= 0.6 is 11.6 Å². The lowest BCUT2D eigenvalue weighted by Crippen LogP contribution is -2.47. The highest BCUT2D eigenvalue weighted by Gasteiger charge is 2.39. The molecule has 2 bridgehead atoms. The number of amides is 1. The maximum atomic E-state index is 12.6. The molecule has 1 amide bonds. The Hall–Kier alpha value is -1.12. The van der Waals surface area contributed by atoms with Crippen molar-refractivity contribution in [1.82, 2.24) is 19.0 Å². The molecule has 1 aromatic rings. The number of carbonyl (C=O) groups excluding carboxylic acids is 1. The number of halogens is 1. The quantitative estimate of drug-likeness (QED) is 0.796. The van der Waals surface area contributed by atoms with E-state index >= 15 is 0 Å². The second kappa shape index (κ2) is 6.41. The molecule has 7 nitrogen and oxygen atoms in total. The predicted molar refractivity (Wildman–Crippen MR) is 86.5 cm³/mol. The third-order valence-electron chi connectivity index (χ3n) is 4.63. The maximum absolute atomic E-state index is 12.6. The van der Waals surface area contributed by atoms with Gasteiger partial charge in [-0.3, -0.25) is 9.48 Å². The lowest BCUT2D eigenvalue weighted by molar-refractivity contribution is -0.135. The molecule has 0 saturated carbocycles. The molecule has 4 rings (SSSR count). The first kappa shape index (κ1) is 16.7. The molecule has 3 fully saturated rings. The smallest absolute Gasteiger partial charge is 0.224 e. The first-order valence-electron chi connectivity index (χ1n) is 7.75. The van der Waals surface area contributed by atoms with Crippen LogP contribution in [-0.4, -0.2) is 65.2 Å². The fraction of sp³-hybridized carbons (Fsp3) is 0.714. The van der Waals surface area contributed by atoms with Crippen molar-refractivity contribution in [1.29, 1.82) is 0 Å². The number of carbonyl (C=O) groups is 1. The first-order valence-corrected chi connectivity index (χ1v) is 9.98. The number of nitrogens with zero attached hydrogens (tertiary/aromatic N) is 4. The second-order valence-corrected chi connectivity index (χ2v) is 8.81. The van der Waals surface area contributed by atoms with Crippen LogP contribution in [0.15, 0.2) is 12.4 Å². The van der Waals surface area contributed by atoms with Crippen LogP contribution in [0.5, 0.6) is 0 Å². The summed E-state index contributed by atoms with van der Waals surface area (Å²) in [5.74, 6) is 0.285. The SMILES string of the molecule is CS(=O)(=O)N1C[C@@H]2CC[C@H](C1)N(C(=O)CCn1cc(Cl)cn1)C2. The zero-order valence-corrected chi connectivity index (χ0v) is 14.6. The van der Waals surface area contributed by atoms with Gasteiger partial charge in [-0.2, -0.15) is 9.40 Å². The Bertz CT molecular complexity index is 690. The summed E-state index contributed by atoms with van der Waals surface area (Å²) >= 11 is 5.82. The van der Waals surface area contributed by atoms with E-state index in [1.165, 1.54) is 10.6 Å². The van der Waals surface area contributed by atoms with Gasteiger partial charge in [0.15, 0.2) is 0 Å². The highest BCUT2D eigenvalue weighted by atomic mass is 35.5. The fourth-order valence-corrected chi connectivity index (χ4v) is 4.51. The zero-order chi connectivity index (χ0) is 16.6. The van der Waals surface area contributed by atoms with E-state index in [9.17, 15) is 13.2 Å². The van der Waals surface area contributed by atoms with Crippen molar-refractivity contribution in [3.63, 3.8) is 0 Å². The second-order valence-electron chi connectivity index (χ2n) is 6.39. The number of fused-ring (bicyclic) bond motifs is 4. The normalized spacial score (nSPS) is 25.6. The van der Waals surface area contributed by atoms with Gasteiger partial charge in [0.25, 0.3) is 0 Å². The Morgan fingerprint density at radius 3 is 2.78 bits per heavy atom. The number of sulfonamides is 1. The Morgan fingerprint density at radius 2 is 2.13 bits per heavy atom. The van der Waals surface area contributed by atoms with Gasteiger partial charge in [0.1, 0.15) is 0 Å². The molecule has 23 heavy (non-hydrogen) atoms. The van der Waals surface area contributed by atoms with Gasteiger partial charge in [-0.05, 0) is 18.8 Å². The van der Waals surface area contributed by atoms with Gasteiger partial charge < -0.3 is 4.90 Å². The standard InChI is InChI=1S/C14H21ClN4O3S/c1-23(21,22)18-7-11-2-3-13(10-18)19(8-11)14(20)4-5-17-9-12(15)6-16-17/h6,9,11,13H,2-5,7-8,10H2,1H3/t11-,13+/m0/s1. The van der Waals surface area contributed by atoms with Crippen molar-refractivity contribution in [2.75, 3.05) is 25.9 Å². The molecule has 2 atom stereocenters. The van der Waals surface area contributed by atoms with Crippen LogP contribution in [0.2, 0.25) is 5.02 Å². The molecular weight excluding hydrogens is 340 g/mol. The number of rotatable bonds is 4. The molecule has 3 aliphatic rings. The van der Waals surface area contributed by atoms with Gasteiger partial charge in [-0.25, -0.2) is 8.42 Å². The largest absolute Gasteiger partial charge is 0.338 e. The average molecular weight is 361 g/mol. The Kier molecular flexibility index (Phi) is 4.66. The molecule has 0 radical (unpaired) electrons. The molecular formula is C14H21ClN4O3S. The van der Waals surface area contributed by atoms with Crippen molar-refractivity contribution in [3.8, 4) is 0 Å². The summed E-state index contributed by atoms with van der Waals surface area (Å²) in [6.45, 7) is 2.06. The molecule has 4 heterocycles. The number of piperidine rings is 1. The van der Waals surface area contributed by atoms with Gasteiger partial charge in [-0.1, -0.05) is 11.6 Å². The maximum Gasteiger partial charge on any atom is 0.224 e. The summed E-state index contributed by atoms with van der Waals surface area (Å²) in [6.07, 6.45) is 6.68. The van der Waals surface area contributed by atoms with Crippen LogP contribution in [0.4, 0.5) is 0 Å². The van der Waals surface area contributed by atoms with Crippen LogP contribution in [-0.2, 0) is 21.4 Å². The molecule has 0 unspecified atom stereocenters. The van der Waals surface area contributed by atoms with E-state index in [0.29, 0.717) is 37.6 Å². The molecule has 0 N–H and O–H groups in total. The van der Waals surface area contributed by atoms with E-state index in [-0.39, 0.29) is 17.9 Å². The van der Waals surface area contributed by atoms with Crippen LogP contribution in [0.3, 0.4) is 0 Å². The lowest BCUT2D eigenvalue weighted by Gasteiger charge is -2.36. The van der Waals surface area contributed by atoms with Gasteiger partial charge in [-0.15, -0.1) is 0 Å². The first-order chi connectivity index (χ1) is 10.8. The molecule has 3 saturated heterocycles. The lowest BCUT2D eigenvalue weighted by atomic mass is 9.95. The molecule has 9 heteroatoms. The fourth-order valence-electron chi connectivity index (χ4n) is 3.43. The highest BCUT2D eigenvalue weighted by Crippen LogP contribution is 2.29. The van der Waals surface area contributed by atoms with Gasteiger partial charge in [0, 0.05) is 44.8 Å². The summed E-state index contributed by atoms with van der Waals surface area (Å²) in [5, 5.41) is 4.62. The zero-order valence-electron chi connectivity index (χ0n) is 13.1. The minimum Gasteiger partial charge on any atom is -0.338 e. The molecule has 0 spiro atoms. The van der Waals surface area contributed by atoms with Crippen molar-refractivity contribution in [2.24, 2.45) is 5.92 Å². The topological polar surface area (TPSA) is 75.5 Å². The summed E-state index contributed by atoms with van der Waals surface area (Å²) in [5.41, 5.74) is 0. The minimum atomic E-state index is -3.21. The van der Waals surface area contributed by atoms with Crippen molar-refractivity contribution in [2.45, 2.75) is 31.8 Å². The Balaban J connectivity index is 1.65. The van der Waals surface area contributed by atoms with Crippen molar-refractivity contribution < 1.29 is 13.2 Å². The predicted octanol–water partition coefficient (Wildman–Crippen LogP) is 0.809. The Morgan fingerprint density at radius 1 is 1.35 bits per heavy atom. The molecule has 1 aromatic heterocycles. The van der Waals surface area contributed by atoms with Crippen LogP contribution in [0.1, 0.15) is 19.3 Å². The molecule has 0 aliphatic carbocycles. The van der Waals surface area contributed by atoms with Gasteiger partial charge >= 0.3 is 0 Å². The van der Waals surface area contributed by atoms with E-state index in [4.69, 9.17) is 11.6 Å². The van der Waals surface area contributed by atoms with Gasteiger partial charge in [0.2, 0.25) is 15.9 Å². The number of hydrogen-bond acceptors (Lipinski definition) is 4. The highest BCUT2D eigenvalue weighted by molar-refractivity contribution is 7.88. The van der Waals surface area contributed by atoms with Crippen molar-refractivity contribution >= 4 is 27.5 Å². The minimum absolute atomic E-state index is 0.0165. The van der Waals surface area contributed by atoms with Crippen LogP contribution in [0.25, 0.3) is 0 Å².